The predicted molar refractivity (Wildman–Crippen MR) is 73.3 cm³/mol. The average molecular weight is 256 g/mol. The highest BCUT2D eigenvalue weighted by Crippen LogP contribution is 2.24. The lowest BCUT2D eigenvalue weighted by Gasteiger charge is -2.27. The molecule has 3 N–H and O–H groups in total. The Hall–Kier alpha value is -0.610. The number of carbonyl (C=O) groups is 1. The first-order valence-electron chi connectivity index (χ1n) is 7.21. The van der Waals surface area contributed by atoms with Crippen LogP contribution in [0.4, 0.5) is 0 Å². The number of primary amides is 1. The molecule has 1 saturated carbocycles. The molecule has 0 aromatic carbocycles. The van der Waals surface area contributed by atoms with Crippen molar-refractivity contribution in [1.29, 1.82) is 0 Å². The number of amides is 1. The third-order valence-electron chi connectivity index (χ3n) is 3.90. The van der Waals surface area contributed by atoms with E-state index in [1.54, 1.807) is 0 Å². The van der Waals surface area contributed by atoms with Crippen molar-refractivity contribution in [1.82, 2.24) is 5.32 Å². The number of carbonyl (C=O) groups excluding carboxylic acids is 1. The van der Waals surface area contributed by atoms with E-state index in [1.165, 1.54) is 25.7 Å². The van der Waals surface area contributed by atoms with E-state index < -0.39 is 5.54 Å². The summed E-state index contributed by atoms with van der Waals surface area (Å²) in [4.78, 5) is 11.4. The molecule has 0 saturated heterocycles. The van der Waals surface area contributed by atoms with Gasteiger partial charge in [-0.1, -0.05) is 19.8 Å². The second-order valence-corrected chi connectivity index (χ2v) is 5.56. The molecule has 0 aromatic rings. The van der Waals surface area contributed by atoms with E-state index in [2.05, 4.69) is 5.32 Å². The summed E-state index contributed by atoms with van der Waals surface area (Å²) in [6.45, 7) is 6.22. The summed E-state index contributed by atoms with van der Waals surface area (Å²) in [6, 6.07) is 0. The van der Waals surface area contributed by atoms with Gasteiger partial charge in [0.2, 0.25) is 5.91 Å². The van der Waals surface area contributed by atoms with Crippen molar-refractivity contribution in [3.8, 4) is 0 Å². The van der Waals surface area contributed by atoms with Crippen molar-refractivity contribution in [2.24, 2.45) is 11.7 Å². The van der Waals surface area contributed by atoms with E-state index >= 15 is 0 Å². The van der Waals surface area contributed by atoms with Gasteiger partial charge in [0.1, 0.15) is 0 Å². The van der Waals surface area contributed by atoms with Gasteiger partial charge < -0.3 is 15.8 Å². The summed E-state index contributed by atoms with van der Waals surface area (Å²) < 4.78 is 5.69. The van der Waals surface area contributed by atoms with Gasteiger partial charge in [0, 0.05) is 13.2 Å². The minimum absolute atomic E-state index is 0.278. The van der Waals surface area contributed by atoms with E-state index in [0.29, 0.717) is 0 Å². The molecule has 4 nitrogen and oxygen atoms in total. The number of nitrogens with two attached hydrogens (primary N) is 1. The molecule has 1 aliphatic rings. The van der Waals surface area contributed by atoms with E-state index in [0.717, 1.165) is 38.5 Å². The maximum atomic E-state index is 11.4. The van der Waals surface area contributed by atoms with E-state index in [1.807, 2.05) is 13.8 Å². The van der Waals surface area contributed by atoms with Crippen LogP contribution in [0.2, 0.25) is 0 Å². The molecule has 0 aromatic heterocycles. The highest BCUT2D eigenvalue weighted by molar-refractivity contribution is 5.84. The highest BCUT2D eigenvalue weighted by atomic mass is 16.5. The van der Waals surface area contributed by atoms with Gasteiger partial charge in [0.15, 0.2) is 0 Å². The van der Waals surface area contributed by atoms with Gasteiger partial charge in [-0.3, -0.25) is 4.79 Å². The second kappa shape index (κ2) is 7.74. The standard InChI is InChI=1S/C14H28N2O2/c1-3-16-14(2,13(15)17)9-6-10-18-11-12-7-4-5-8-12/h12,16H,3-11H2,1-2H3,(H2,15,17). The summed E-state index contributed by atoms with van der Waals surface area (Å²) in [5, 5.41) is 3.16. The molecule has 1 amide bonds. The topological polar surface area (TPSA) is 64.3 Å². The largest absolute Gasteiger partial charge is 0.381 e. The van der Waals surface area contributed by atoms with Crippen molar-refractivity contribution in [2.45, 2.75) is 57.9 Å². The van der Waals surface area contributed by atoms with Gasteiger partial charge >= 0.3 is 0 Å². The Morgan fingerprint density at radius 2 is 2.11 bits per heavy atom. The lowest BCUT2D eigenvalue weighted by Crippen LogP contribution is -2.53. The monoisotopic (exact) mass is 256 g/mol. The van der Waals surface area contributed by atoms with Crippen LogP contribution in [0, 0.1) is 5.92 Å². The minimum Gasteiger partial charge on any atom is -0.381 e. The van der Waals surface area contributed by atoms with Crippen LogP contribution in [0.5, 0.6) is 0 Å². The molecule has 1 aliphatic carbocycles. The van der Waals surface area contributed by atoms with Crippen molar-refractivity contribution >= 4 is 5.91 Å². The molecule has 0 spiro atoms. The van der Waals surface area contributed by atoms with E-state index in [-0.39, 0.29) is 5.91 Å². The third-order valence-corrected chi connectivity index (χ3v) is 3.90. The fourth-order valence-electron chi connectivity index (χ4n) is 2.64. The fraction of sp³-hybridized carbons (Fsp3) is 0.929. The third kappa shape index (κ3) is 4.94. The summed E-state index contributed by atoms with van der Waals surface area (Å²) in [5.74, 6) is 0.487. The van der Waals surface area contributed by atoms with Crippen LogP contribution in [-0.4, -0.2) is 31.2 Å². The van der Waals surface area contributed by atoms with Gasteiger partial charge in [-0.2, -0.15) is 0 Å². The first kappa shape index (κ1) is 15.4. The molecular formula is C14H28N2O2. The summed E-state index contributed by atoms with van der Waals surface area (Å²) in [5.41, 5.74) is 4.84. The predicted octanol–water partition coefficient (Wildman–Crippen LogP) is 1.83. The van der Waals surface area contributed by atoms with Gasteiger partial charge in [0.05, 0.1) is 5.54 Å². The molecule has 1 unspecified atom stereocenters. The first-order valence-corrected chi connectivity index (χ1v) is 7.21. The molecule has 1 atom stereocenters. The first-order chi connectivity index (χ1) is 8.58. The summed E-state index contributed by atoms with van der Waals surface area (Å²) >= 11 is 0. The van der Waals surface area contributed by atoms with Crippen LogP contribution < -0.4 is 11.1 Å². The van der Waals surface area contributed by atoms with Crippen LogP contribution in [0.25, 0.3) is 0 Å². The highest BCUT2D eigenvalue weighted by Gasteiger charge is 2.29. The van der Waals surface area contributed by atoms with Gasteiger partial charge in [-0.25, -0.2) is 0 Å². The molecule has 106 valence electrons. The van der Waals surface area contributed by atoms with Gasteiger partial charge in [-0.05, 0) is 45.1 Å². The van der Waals surface area contributed by atoms with Crippen LogP contribution in [0.15, 0.2) is 0 Å². The number of likely N-dealkylation sites (N-methyl/N-ethyl adjacent to an activating group) is 1. The molecular weight excluding hydrogens is 228 g/mol. The summed E-state index contributed by atoms with van der Waals surface area (Å²) in [6.07, 6.45) is 6.95. The lowest BCUT2D eigenvalue weighted by atomic mass is 9.95. The Morgan fingerprint density at radius 1 is 1.44 bits per heavy atom. The van der Waals surface area contributed by atoms with Crippen molar-refractivity contribution in [2.75, 3.05) is 19.8 Å². The van der Waals surface area contributed by atoms with Gasteiger partial charge in [0.25, 0.3) is 0 Å². The maximum absolute atomic E-state index is 11.4. The van der Waals surface area contributed by atoms with Crippen molar-refractivity contribution in [3.05, 3.63) is 0 Å². The van der Waals surface area contributed by atoms with Crippen molar-refractivity contribution in [3.63, 3.8) is 0 Å². The SMILES string of the molecule is CCNC(C)(CCCOCC1CCCC1)C(N)=O. The average Bonchev–Trinajstić information content (AvgIpc) is 2.81. The number of hydrogen-bond donors (Lipinski definition) is 2. The zero-order valence-electron chi connectivity index (χ0n) is 11.8. The molecule has 0 aliphatic heterocycles. The maximum Gasteiger partial charge on any atom is 0.237 e. The van der Waals surface area contributed by atoms with Gasteiger partial charge in [-0.15, -0.1) is 0 Å². The fourth-order valence-corrected chi connectivity index (χ4v) is 2.64. The Kier molecular flexibility index (Phi) is 6.65. The number of hydrogen-bond acceptors (Lipinski definition) is 3. The molecule has 18 heavy (non-hydrogen) atoms. The quantitative estimate of drug-likeness (QED) is 0.619. The molecule has 1 rings (SSSR count). The zero-order valence-corrected chi connectivity index (χ0v) is 11.8. The Bertz CT molecular complexity index is 252. The van der Waals surface area contributed by atoms with Crippen LogP contribution in [0.3, 0.4) is 0 Å². The van der Waals surface area contributed by atoms with E-state index in [4.69, 9.17) is 10.5 Å². The van der Waals surface area contributed by atoms with Crippen LogP contribution >= 0.6 is 0 Å². The summed E-state index contributed by atoms with van der Waals surface area (Å²) in [7, 11) is 0. The van der Waals surface area contributed by atoms with Crippen molar-refractivity contribution < 1.29 is 9.53 Å². The zero-order chi connectivity index (χ0) is 13.4. The Labute approximate surface area is 111 Å². The smallest absolute Gasteiger partial charge is 0.237 e. The second-order valence-electron chi connectivity index (χ2n) is 5.56. The Morgan fingerprint density at radius 3 is 2.67 bits per heavy atom. The molecule has 4 heteroatoms. The normalized spacial score (nSPS) is 19.9. The molecule has 1 fully saturated rings. The number of nitrogens with one attached hydrogen (secondary N) is 1. The van der Waals surface area contributed by atoms with E-state index in [9.17, 15) is 4.79 Å². The molecule has 0 radical (unpaired) electrons. The minimum atomic E-state index is -0.592. The Balaban J connectivity index is 2.12. The molecule has 0 heterocycles. The lowest BCUT2D eigenvalue weighted by molar-refractivity contribution is -0.124. The number of ether oxygens (including phenoxy) is 1. The number of rotatable bonds is 9. The van der Waals surface area contributed by atoms with Crippen LogP contribution in [0.1, 0.15) is 52.4 Å². The molecule has 0 bridgehead atoms. The van der Waals surface area contributed by atoms with Crippen LogP contribution in [-0.2, 0) is 9.53 Å².